The number of piperidine rings is 1. The van der Waals surface area contributed by atoms with E-state index in [1.807, 2.05) is 0 Å². The number of hydrogen-bond donors (Lipinski definition) is 2. The van der Waals surface area contributed by atoms with Crippen LogP contribution in [0.1, 0.15) is 49.7 Å². The highest BCUT2D eigenvalue weighted by Crippen LogP contribution is 2.31. The molecule has 0 bridgehead atoms. The quantitative estimate of drug-likeness (QED) is 0.479. The molecule has 5 rings (SSSR count). The summed E-state index contributed by atoms with van der Waals surface area (Å²) in [5.74, 6) is -1.18. The normalized spacial score (nSPS) is 24.9. The van der Waals surface area contributed by atoms with Crippen LogP contribution in [0.4, 0.5) is 13.2 Å². The fourth-order valence-electron chi connectivity index (χ4n) is 5.56. The molecule has 14 heteroatoms. The van der Waals surface area contributed by atoms with Crippen LogP contribution in [0.2, 0.25) is 0 Å². The maximum absolute atomic E-state index is 13.4. The number of alkyl halides is 3. The second-order valence-corrected chi connectivity index (χ2v) is 13.0. The largest absolute Gasteiger partial charge is 0.416 e. The molecule has 1 aromatic carbocycles. The maximum atomic E-state index is 13.4. The van der Waals surface area contributed by atoms with Crippen molar-refractivity contribution < 1.29 is 36.0 Å². The number of halogens is 3. The SMILES string of the molecule is O=C(NC1CN(S(=O)(=O)N2CCC[C@H](C(=O)N3CCC[C@@H]3C(=O)NCc3ccc(C(F)(F)F)cc3)C2)C1)C1CC1. The molecule has 0 aromatic heterocycles. The third-order valence-corrected chi connectivity index (χ3v) is 10.0. The summed E-state index contributed by atoms with van der Waals surface area (Å²) < 4.78 is 67.4. The van der Waals surface area contributed by atoms with Crippen LogP contribution in [-0.4, -0.2) is 84.5 Å². The Labute approximate surface area is 231 Å². The minimum atomic E-state index is -4.44. The number of hydrogen-bond acceptors (Lipinski definition) is 5. The molecule has 4 fully saturated rings. The summed E-state index contributed by atoms with van der Waals surface area (Å²) in [6.45, 7) is 1.18. The lowest BCUT2D eigenvalue weighted by Gasteiger charge is -2.43. The summed E-state index contributed by atoms with van der Waals surface area (Å²) in [6, 6.07) is 3.62. The van der Waals surface area contributed by atoms with Gasteiger partial charge in [0.2, 0.25) is 17.7 Å². The Morgan fingerprint density at radius 1 is 0.850 bits per heavy atom. The molecule has 2 atom stereocenters. The molecule has 1 aliphatic carbocycles. The fourth-order valence-corrected chi connectivity index (χ4v) is 7.35. The molecule has 3 aliphatic heterocycles. The number of nitrogens with zero attached hydrogens (tertiary/aromatic N) is 3. The zero-order chi connectivity index (χ0) is 28.7. The van der Waals surface area contributed by atoms with E-state index >= 15 is 0 Å². The Morgan fingerprint density at radius 3 is 2.17 bits per heavy atom. The van der Waals surface area contributed by atoms with Gasteiger partial charge >= 0.3 is 6.18 Å². The predicted molar refractivity (Wildman–Crippen MR) is 137 cm³/mol. The van der Waals surface area contributed by atoms with Crippen molar-refractivity contribution in [2.24, 2.45) is 11.8 Å². The zero-order valence-electron chi connectivity index (χ0n) is 22.0. The van der Waals surface area contributed by atoms with Crippen LogP contribution in [0, 0.1) is 11.8 Å². The second-order valence-electron chi connectivity index (χ2n) is 11.1. The molecule has 1 saturated carbocycles. The monoisotopic (exact) mass is 585 g/mol. The highest BCUT2D eigenvalue weighted by Gasteiger charge is 2.45. The summed E-state index contributed by atoms with van der Waals surface area (Å²) in [5, 5.41) is 5.61. The van der Waals surface area contributed by atoms with Crippen LogP contribution in [0.3, 0.4) is 0 Å². The molecule has 3 saturated heterocycles. The Kier molecular flexibility index (Phi) is 8.13. The molecule has 10 nitrogen and oxygen atoms in total. The Balaban J connectivity index is 1.13. The number of benzene rings is 1. The minimum Gasteiger partial charge on any atom is -0.350 e. The van der Waals surface area contributed by atoms with Gasteiger partial charge in [0.05, 0.1) is 17.5 Å². The van der Waals surface area contributed by atoms with Crippen LogP contribution < -0.4 is 10.6 Å². The van der Waals surface area contributed by atoms with Crippen LogP contribution >= 0.6 is 0 Å². The van der Waals surface area contributed by atoms with Gasteiger partial charge in [-0.25, -0.2) is 0 Å². The first kappa shape index (κ1) is 28.8. The highest BCUT2D eigenvalue weighted by molar-refractivity contribution is 7.86. The van der Waals surface area contributed by atoms with Gasteiger partial charge in [-0.2, -0.15) is 30.2 Å². The van der Waals surface area contributed by atoms with Crippen LogP contribution in [0.5, 0.6) is 0 Å². The topological polar surface area (TPSA) is 119 Å². The van der Waals surface area contributed by atoms with Gasteiger partial charge in [-0.05, 0) is 56.2 Å². The van der Waals surface area contributed by atoms with Gasteiger partial charge in [0.15, 0.2) is 0 Å². The first-order chi connectivity index (χ1) is 18.9. The number of carbonyl (C=O) groups is 3. The molecule has 4 aliphatic rings. The molecule has 0 spiro atoms. The standard InChI is InChI=1S/C26H34F3N5O5S/c27-26(28,29)20-9-5-17(6-10-20)13-30-24(36)22-4-2-12-34(22)25(37)19-3-1-11-32(14-19)40(38,39)33-15-21(16-33)31-23(35)18-7-8-18/h5-6,9-10,18-19,21-22H,1-4,7-8,11-16H2,(H,30,36)(H,31,35)/t19-,22+/m0/s1. The number of likely N-dealkylation sites (tertiary alicyclic amines) is 1. The average molecular weight is 586 g/mol. The molecule has 40 heavy (non-hydrogen) atoms. The van der Waals surface area contributed by atoms with Crippen molar-refractivity contribution in [1.82, 2.24) is 24.1 Å². The second kappa shape index (κ2) is 11.3. The van der Waals surface area contributed by atoms with E-state index in [0.717, 1.165) is 25.0 Å². The number of nitrogens with one attached hydrogen (secondary N) is 2. The molecule has 0 unspecified atom stereocenters. The van der Waals surface area contributed by atoms with E-state index in [0.29, 0.717) is 44.3 Å². The van der Waals surface area contributed by atoms with Crippen molar-refractivity contribution in [1.29, 1.82) is 0 Å². The molecular formula is C26H34F3N5O5S. The van der Waals surface area contributed by atoms with E-state index in [9.17, 15) is 36.0 Å². The van der Waals surface area contributed by atoms with Gasteiger partial charge < -0.3 is 15.5 Å². The lowest BCUT2D eigenvalue weighted by molar-refractivity contribution is -0.142. The molecule has 220 valence electrons. The molecule has 0 radical (unpaired) electrons. The van der Waals surface area contributed by atoms with Gasteiger partial charge in [-0.1, -0.05) is 12.1 Å². The third kappa shape index (κ3) is 6.28. The zero-order valence-corrected chi connectivity index (χ0v) is 22.8. The molecule has 3 heterocycles. The van der Waals surface area contributed by atoms with Crippen molar-refractivity contribution in [2.45, 2.75) is 63.3 Å². The van der Waals surface area contributed by atoms with Crippen molar-refractivity contribution in [2.75, 3.05) is 32.7 Å². The Hall–Kier alpha value is -2.71. The Bertz CT molecular complexity index is 1230. The van der Waals surface area contributed by atoms with Crippen LogP contribution in [-0.2, 0) is 37.3 Å². The third-order valence-electron chi connectivity index (χ3n) is 8.12. The molecule has 1 aromatic rings. The first-order valence-electron chi connectivity index (χ1n) is 13.7. The van der Waals surface area contributed by atoms with Gasteiger partial charge in [-0.15, -0.1) is 0 Å². The summed E-state index contributed by atoms with van der Waals surface area (Å²) in [4.78, 5) is 39.8. The van der Waals surface area contributed by atoms with Crippen molar-refractivity contribution >= 4 is 27.9 Å². The predicted octanol–water partition coefficient (Wildman–Crippen LogP) is 1.48. The van der Waals surface area contributed by atoms with E-state index in [-0.39, 0.29) is 55.9 Å². The van der Waals surface area contributed by atoms with Crippen molar-refractivity contribution in [3.8, 4) is 0 Å². The maximum Gasteiger partial charge on any atom is 0.416 e. The van der Waals surface area contributed by atoms with Gasteiger partial charge in [0, 0.05) is 45.2 Å². The Morgan fingerprint density at radius 2 is 1.52 bits per heavy atom. The summed E-state index contributed by atoms with van der Waals surface area (Å²) in [6.07, 6.45) is -0.566. The van der Waals surface area contributed by atoms with E-state index in [4.69, 9.17) is 0 Å². The molecule has 2 N–H and O–H groups in total. The lowest BCUT2D eigenvalue weighted by Crippen LogP contribution is -2.64. The van der Waals surface area contributed by atoms with Crippen LogP contribution in [0.15, 0.2) is 24.3 Å². The molecule has 3 amide bonds. The van der Waals surface area contributed by atoms with Gasteiger partial charge in [-0.3, -0.25) is 14.4 Å². The van der Waals surface area contributed by atoms with E-state index in [1.165, 1.54) is 25.6 Å². The average Bonchev–Trinajstić information content (AvgIpc) is 3.64. The highest BCUT2D eigenvalue weighted by atomic mass is 32.2. The summed E-state index contributed by atoms with van der Waals surface area (Å²) in [7, 11) is -3.78. The van der Waals surface area contributed by atoms with Crippen molar-refractivity contribution in [3.63, 3.8) is 0 Å². The minimum absolute atomic E-state index is 0.0192. The summed E-state index contributed by atoms with van der Waals surface area (Å²) in [5.41, 5.74) is -0.265. The number of amides is 3. The van der Waals surface area contributed by atoms with E-state index in [2.05, 4.69) is 10.6 Å². The van der Waals surface area contributed by atoms with Gasteiger partial charge in [0.25, 0.3) is 10.2 Å². The van der Waals surface area contributed by atoms with Crippen LogP contribution in [0.25, 0.3) is 0 Å². The molecular weight excluding hydrogens is 551 g/mol. The lowest BCUT2D eigenvalue weighted by atomic mass is 9.97. The van der Waals surface area contributed by atoms with Gasteiger partial charge in [0.1, 0.15) is 6.04 Å². The fraction of sp³-hybridized carbons (Fsp3) is 0.654. The first-order valence-corrected chi connectivity index (χ1v) is 15.1. The number of rotatable bonds is 8. The van der Waals surface area contributed by atoms with E-state index < -0.39 is 33.9 Å². The number of carbonyl (C=O) groups excluding carboxylic acids is 3. The smallest absolute Gasteiger partial charge is 0.350 e. The summed E-state index contributed by atoms with van der Waals surface area (Å²) >= 11 is 0. The van der Waals surface area contributed by atoms with E-state index in [1.54, 1.807) is 0 Å². The van der Waals surface area contributed by atoms with Crippen molar-refractivity contribution in [3.05, 3.63) is 35.4 Å².